The van der Waals surface area contributed by atoms with E-state index in [-0.39, 0.29) is 11.6 Å². The van der Waals surface area contributed by atoms with Crippen molar-refractivity contribution in [3.05, 3.63) is 18.0 Å². The average molecular weight is 285 g/mol. The Bertz CT molecular complexity index is 497. The van der Waals surface area contributed by atoms with E-state index in [1.165, 1.54) is 17.2 Å². The summed E-state index contributed by atoms with van der Waals surface area (Å²) in [5, 5.41) is 11.7. The molecule has 1 aliphatic heterocycles. The van der Waals surface area contributed by atoms with Crippen molar-refractivity contribution >= 4 is 5.95 Å². The zero-order chi connectivity index (χ0) is 14.6. The minimum Gasteiger partial charge on any atom is -0.354 e. The standard InChI is InChI=1S/C12H14F3N5/c13-12(14,15)8-20-4-2-9(7-20)6-18-11-17-3-1-10(5-16)19-11/h1,3,9H,2,4,6-8H2,(H,17,18,19). The van der Waals surface area contributed by atoms with Crippen molar-refractivity contribution in [2.45, 2.75) is 12.6 Å². The van der Waals surface area contributed by atoms with E-state index in [0.717, 1.165) is 0 Å². The molecule has 0 aliphatic carbocycles. The van der Waals surface area contributed by atoms with Crippen molar-refractivity contribution < 1.29 is 13.2 Å². The lowest BCUT2D eigenvalue weighted by molar-refractivity contribution is -0.143. The molecule has 0 aromatic carbocycles. The molecule has 1 unspecified atom stereocenters. The highest BCUT2D eigenvalue weighted by molar-refractivity contribution is 5.30. The van der Waals surface area contributed by atoms with Crippen LogP contribution in [0.2, 0.25) is 0 Å². The summed E-state index contributed by atoms with van der Waals surface area (Å²) in [5.41, 5.74) is 0.257. The molecular formula is C12H14F3N5. The van der Waals surface area contributed by atoms with Crippen LogP contribution in [0.15, 0.2) is 12.3 Å². The molecule has 0 amide bonds. The molecule has 0 saturated carbocycles. The summed E-state index contributed by atoms with van der Waals surface area (Å²) in [4.78, 5) is 9.32. The Morgan fingerprint density at radius 2 is 2.30 bits per heavy atom. The summed E-state index contributed by atoms with van der Waals surface area (Å²) in [6.07, 6.45) is -1.97. The van der Waals surface area contributed by atoms with Gasteiger partial charge in [0, 0.05) is 19.3 Å². The van der Waals surface area contributed by atoms with Crippen LogP contribution in [0.1, 0.15) is 12.1 Å². The first-order valence-electron chi connectivity index (χ1n) is 6.22. The summed E-state index contributed by atoms with van der Waals surface area (Å²) in [5.74, 6) is 0.463. The monoisotopic (exact) mass is 285 g/mol. The van der Waals surface area contributed by atoms with Gasteiger partial charge in [-0.2, -0.15) is 18.4 Å². The van der Waals surface area contributed by atoms with Crippen molar-refractivity contribution in [3.63, 3.8) is 0 Å². The van der Waals surface area contributed by atoms with Crippen LogP contribution in [0, 0.1) is 17.2 Å². The van der Waals surface area contributed by atoms with E-state index < -0.39 is 12.7 Å². The molecule has 0 spiro atoms. The number of hydrogen-bond donors (Lipinski definition) is 1. The Hall–Kier alpha value is -1.88. The van der Waals surface area contributed by atoms with E-state index >= 15 is 0 Å². The van der Waals surface area contributed by atoms with Gasteiger partial charge in [0.1, 0.15) is 11.8 Å². The lowest BCUT2D eigenvalue weighted by atomic mass is 10.1. The average Bonchev–Trinajstić information content (AvgIpc) is 2.82. The van der Waals surface area contributed by atoms with Crippen LogP contribution in [-0.4, -0.2) is 47.2 Å². The number of aromatic nitrogens is 2. The molecule has 5 nitrogen and oxygen atoms in total. The highest BCUT2D eigenvalue weighted by Crippen LogP contribution is 2.22. The van der Waals surface area contributed by atoms with Crippen LogP contribution in [0.3, 0.4) is 0 Å². The summed E-state index contributed by atoms with van der Waals surface area (Å²) < 4.78 is 36.8. The van der Waals surface area contributed by atoms with E-state index in [2.05, 4.69) is 15.3 Å². The molecule has 1 atom stereocenters. The molecule has 0 radical (unpaired) electrons. The first-order chi connectivity index (χ1) is 9.46. The second-order valence-electron chi connectivity index (χ2n) is 4.76. The number of nitriles is 1. The molecule has 1 aromatic heterocycles. The van der Waals surface area contributed by atoms with Gasteiger partial charge in [-0.05, 0) is 24.9 Å². The fourth-order valence-corrected chi connectivity index (χ4v) is 2.22. The van der Waals surface area contributed by atoms with Gasteiger partial charge in [-0.3, -0.25) is 4.90 Å². The minimum absolute atomic E-state index is 0.131. The zero-order valence-corrected chi connectivity index (χ0v) is 10.7. The van der Waals surface area contributed by atoms with E-state index in [0.29, 0.717) is 32.0 Å². The molecule has 1 fully saturated rings. The Morgan fingerprint density at radius 1 is 1.50 bits per heavy atom. The van der Waals surface area contributed by atoms with Crippen molar-refractivity contribution in [2.75, 3.05) is 31.5 Å². The third-order valence-electron chi connectivity index (χ3n) is 3.09. The Morgan fingerprint density at radius 3 is 3.00 bits per heavy atom. The van der Waals surface area contributed by atoms with Crippen molar-refractivity contribution in [3.8, 4) is 6.07 Å². The third-order valence-corrected chi connectivity index (χ3v) is 3.09. The van der Waals surface area contributed by atoms with Crippen LogP contribution in [0.4, 0.5) is 19.1 Å². The first-order valence-corrected chi connectivity index (χ1v) is 6.22. The maximum Gasteiger partial charge on any atom is 0.401 e. The predicted octanol–water partition coefficient (Wildman–Crippen LogP) is 1.64. The van der Waals surface area contributed by atoms with Crippen LogP contribution in [0.25, 0.3) is 0 Å². The Labute approximate surface area is 114 Å². The lowest BCUT2D eigenvalue weighted by Gasteiger charge is -2.17. The van der Waals surface area contributed by atoms with Gasteiger partial charge in [0.25, 0.3) is 0 Å². The number of halogens is 3. The van der Waals surface area contributed by atoms with Gasteiger partial charge in [0.05, 0.1) is 6.54 Å². The van der Waals surface area contributed by atoms with Crippen molar-refractivity contribution in [1.82, 2.24) is 14.9 Å². The van der Waals surface area contributed by atoms with E-state index in [9.17, 15) is 13.2 Å². The molecule has 2 heterocycles. The SMILES string of the molecule is N#Cc1ccnc(NCC2CCN(CC(F)(F)F)C2)n1. The Balaban J connectivity index is 1.79. The van der Waals surface area contributed by atoms with E-state index in [4.69, 9.17) is 5.26 Å². The second kappa shape index (κ2) is 6.05. The molecular weight excluding hydrogens is 271 g/mol. The molecule has 1 saturated heterocycles. The lowest BCUT2D eigenvalue weighted by Crippen LogP contribution is -2.33. The number of likely N-dealkylation sites (tertiary alicyclic amines) is 1. The maximum atomic E-state index is 12.3. The third kappa shape index (κ3) is 4.35. The molecule has 0 bridgehead atoms. The largest absolute Gasteiger partial charge is 0.401 e. The zero-order valence-electron chi connectivity index (χ0n) is 10.7. The quantitative estimate of drug-likeness (QED) is 0.911. The molecule has 8 heteroatoms. The molecule has 108 valence electrons. The van der Waals surface area contributed by atoms with Crippen molar-refractivity contribution in [1.29, 1.82) is 5.26 Å². The summed E-state index contributed by atoms with van der Waals surface area (Å²) in [7, 11) is 0. The molecule has 20 heavy (non-hydrogen) atoms. The van der Waals surface area contributed by atoms with Gasteiger partial charge in [-0.25, -0.2) is 9.97 Å². The summed E-state index contributed by atoms with van der Waals surface area (Å²) in [6, 6.07) is 3.40. The molecule has 1 aromatic rings. The maximum absolute atomic E-state index is 12.3. The fraction of sp³-hybridized carbons (Fsp3) is 0.583. The number of rotatable bonds is 4. The summed E-state index contributed by atoms with van der Waals surface area (Å²) >= 11 is 0. The highest BCUT2D eigenvalue weighted by Gasteiger charge is 2.34. The number of nitrogens with one attached hydrogen (secondary N) is 1. The summed E-state index contributed by atoms with van der Waals surface area (Å²) in [6.45, 7) is 0.503. The van der Waals surface area contributed by atoms with Gasteiger partial charge in [0.2, 0.25) is 5.95 Å². The van der Waals surface area contributed by atoms with Crippen LogP contribution >= 0.6 is 0 Å². The number of anilines is 1. The van der Waals surface area contributed by atoms with E-state index in [1.54, 1.807) is 0 Å². The van der Waals surface area contributed by atoms with Gasteiger partial charge in [0.15, 0.2) is 0 Å². The normalized spacial score (nSPS) is 19.8. The fourth-order valence-electron chi connectivity index (χ4n) is 2.22. The number of alkyl halides is 3. The highest BCUT2D eigenvalue weighted by atomic mass is 19.4. The first kappa shape index (κ1) is 14.5. The van der Waals surface area contributed by atoms with Gasteiger partial charge in [-0.15, -0.1) is 0 Å². The van der Waals surface area contributed by atoms with Gasteiger partial charge >= 0.3 is 6.18 Å². The second-order valence-corrected chi connectivity index (χ2v) is 4.76. The van der Waals surface area contributed by atoms with Crippen LogP contribution in [0.5, 0.6) is 0 Å². The molecule has 1 N–H and O–H groups in total. The number of hydrogen-bond acceptors (Lipinski definition) is 5. The Kier molecular flexibility index (Phi) is 4.39. The molecule has 2 rings (SSSR count). The smallest absolute Gasteiger partial charge is 0.354 e. The van der Waals surface area contributed by atoms with Crippen LogP contribution in [-0.2, 0) is 0 Å². The van der Waals surface area contributed by atoms with Crippen LogP contribution < -0.4 is 5.32 Å². The minimum atomic E-state index is -4.15. The van der Waals surface area contributed by atoms with Gasteiger partial charge < -0.3 is 5.32 Å². The number of nitrogens with zero attached hydrogens (tertiary/aromatic N) is 4. The van der Waals surface area contributed by atoms with Crippen molar-refractivity contribution in [2.24, 2.45) is 5.92 Å². The van der Waals surface area contributed by atoms with E-state index in [1.807, 2.05) is 6.07 Å². The topological polar surface area (TPSA) is 64.8 Å². The molecule has 1 aliphatic rings. The van der Waals surface area contributed by atoms with Gasteiger partial charge in [-0.1, -0.05) is 0 Å². The predicted molar refractivity (Wildman–Crippen MR) is 65.8 cm³/mol.